The van der Waals surface area contributed by atoms with Crippen molar-refractivity contribution in [1.82, 2.24) is 10.2 Å². The molecule has 0 amide bonds. The van der Waals surface area contributed by atoms with Crippen LogP contribution in [0.5, 0.6) is 0 Å². The summed E-state index contributed by atoms with van der Waals surface area (Å²) in [6.45, 7) is 7.60. The first-order valence-corrected chi connectivity index (χ1v) is 7.73. The summed E-state index contributed by atoms with van der Waals surface area (Å²) in [5.41, 5.74) is 1.03. The number of nitrogens with one attached hydrogen (secondary N) is 1. The first-order chi connectivity index (χ1) is 9.10. The molecule has 108 valence electrons. The molecule has 0 spiro atoms. The Balaban J connectivity index is 2.58. The molecule has 19 heavy (non-hydrogen) atoms. The van der Waals surface area contributed by atoms with Crippen molar-refractivity contribution >= 4 is 15.9 Å². The van der Waals surface area contributed by atoms with Crippen molar-refractivity contribution in [3.05, 3.63) is 34.1 Å². The minimum atomic E-state index is -0.170. The van der Waals surface area contributed by atoms with Crippen LogP contribution >= 0.6 is 15.9 Å². The van der Waals surface area contributed by atoms with E-state index in [-0.39, 0.29) is 5.82 Å². The van der Waals surface area contributed by atoms with Gasteiger partial charge in [-0.1, -0.05) is 29.8 Å². The van der Waals surface area contributed by atoms with Gasteiger partial charge < -0.3 is 10.2 Å². The molecule has 0 fully saturated rings. The van der Waals surface area contributed by atoms with E-state index in [4.69, 9.17) is 0 Å². The van der Waals surface area contributed by atoms with Gasteiger partial charge in [-0.25, -0.2) is 4.39 Å². The molecule has 0 heterocycles. The molecule has 0 bridgehead atoms. The van der Waals surface area contributed by atoms with Crippen LogP contribution < -0.4 is 5.32 Å². The van der Waals surface area contributed by atoms with Gasteiger partial charge >= 0.3 is 0 Å². The summed E-state index contributed by atoms with van der Waals surface area (Å²) in [7, 11) is 1.97. The van der Waals surface area contributed by atoms with Gasteiger partial charge in [0, 0.05) is 10.5 Å². The molecule has 1 aromatic rings. The van der Waals surface area contributed by atoms with Gasteiger partial charge in [0.15, 0.2) is 0 Å². The minimum Gasteiger partial charge on any atom is -0.317 e. The summed E-state index contributed by atoms with van der Waals surface area (Å²) >= 11 is 3.49. The van der Waals surface area contributed by atoms with Crippen LogP contribution in [0.1, 0.15) is 25.8 Å². The van der Waals surface area contributed by atoms with Crippen LogP contribution in [-0.4, -0.2) is 37.6 Å². The quantitative estimate of drug-likeness (QED) is 0.785. The summed E-state index contributed by atoms with van der Waals surface area (Å²) in [6.07, 6.45) is 1.91. The molecule has 1 rings (SSSR count). The number of hydrogen-bond acceptors (Lipinski definition) is 2. The Hall–Kier alpha value is -0.450. The van der Waals surface area contributed by atoms with Crippen molar-refractivity contribution in [1.29, 1.82) is 0 Å². The SMILES string of the molecule is CCN(CC)CCC(Cc1cc(F)ccc1Br)NC. The van der Waals surface area contributed by atoms with Crippen LogP contribution in [0.2, 0.25) is 0 Å². The lowest BCUT2D eigenvalue weighted by Crippen LogP contribution is -2.34. The topological polar surface area (TPSA) is 15.3 Å². The summed E-state index contributed by atoms with van der Waals surface area (Å²) in [5, 5.41) is 3.33. The smallest absolute Gasteiger partial charge is 0.123 e. The third kappa shape index (κ3) is 5.59. The zero-order chi connectivity index (χ0) is 14.3. The van der Waals surface area contributed by atoms with Gasteiger partial charge in [0.1, 0.15) is 5.82 Å². The number of benzene rings is 1. The molecule has 0 saturated carbocycles. The summed E-state index contributed by atoms with van der Waals surface area (Å²) < 4.78 is 14.3. The fraction of sp³-hybridized carbons (Fsp3) is 0.600. The van der Waals surface area contributed by atoms with Gasteiger partial charge in [-0.15, -0.1) is 0 Å². The molecule has 2 nitrogen and oxygen atoms in total. The highest BCUT2D eigenvalue weighted by molar-refractivity contribution is 9.10. The molecule has 0 aliphatic rings. The van der Waals surface area contributed by atoms with E-state index in [0.29, 0.717) is 6.04 Å². The molecule has 4 heteroatoms. The number of rotatable bonds is 8. The first-order valence-electron chi connectivity index (χ1n) is 6.94. The van der Waals surface area contributed by atoms with Gasteiger partial charge in [0.25, 0.3) is 0 Å². The van der Waals surface area contributed by atoms with Gasteiger partial charge in [0.2, 0.25) is 0 Å². The molecular formula is C15H24BrFN2. The van der Waals surface area contributed by atoms with E-state index in [9.17, 15) is 4.39 Å². The predicted molar refractivity (Wildman–Crippen MR) is 83.1 cm³/mol. The first kappa shape index (κ1) is 16.6. The van der Waals surface area contributed by atoms with E-state index in [2.05, 4.69) is 40.0 Å². The lowest BCUT2D eigenvalue weighted by molar-refractivity contribution is 0.283. The highest BCUT2D eigenvalue weighted by Crippen LogP contribution is 2.20. The van der Waals surface area contributed by atoms with Crippen molar-refractivity contribution in [2.45, 2.75) is 32.7 Å². The third-order valence-corrected chi connectivity index (χ3v) is 4.34. The highest BCUT2D eigenvalue weighted by Gasteiger charge is 2.12. The fourth-order valence-corrected chi connectivity index (χ4v) is 2.60. The Morgan fingerprint density at radius 2 is 2.00 bits per heavy atom. The summed E-state index contributed by atoms with van der Waals surface area (Å²) in [5.74, 6) is -0.170. The van der Waals surface area contributed by atoms with Crippen molar-refractivity contribution < 1.29 is 4.39 Å². The lowest BCUT2D eigenvalue weighted by Gasteiger charge is -2.23. The second kappa shape index (κ2) is 8.67. The Morgan fingerprint density at radius 3 is 2.58 bits per heavy atom. The molecule has 1 unspecified atom stereocenters. The molecule has 1 atom stereocenters. The maximum atomic E-state index is 13.3. The standard InChI is InChI=1S/C15H24BrFN2/c1-4-19(5-2)9-8-14(18-3)11-12-10-13(17)6-7-15(12)16/h6-7,10,14,18H,4-5,8-9,11H2,1-3H3. The van der Waals surface area contributed by atoms with E-state index in [1.165, 1.54) is 6.07 Å². The molecular weight excluding hydrogens is 307 g/mol. The fourth-order valence-electron chi connectivity index (χ4n) is 2.19. The van der Waals surface area contributed by atoms with Crippen LogP contribution in [0.25, 0.3) is 0 Å². The zero-order valence-corrected chi connectivity index (χ0v) is 13.6. The van der Waals surface area contributed by atoms with Crippen molar-refractivity contribution in [3.63, 3.8) is 0 Å². The molecule has 0 aliphatic carbocycles. The average Bonchev–Trinajstić information content (AvgIpc) is 2.42. The van der Waals surface area contributed by atoms with E-state index in [1.54, 1.807) is 12.1 Å². The third-order valence-electron chi connectivity index (χ3n) is 3.57. The van der Waals surface area contributed by atoms with E-state index >= 15 is 0 Å². The molecule has 1 aromatic carbocycles. The maximum absolute atomic E-state index is 13.3. The van der Waals surface area contributed by atoms with Crippen LogP contribution in [-0.2, 0) is 6.42 Å². The largest absolute Gasteiger partial charge is 0.317 e. The Bertz CT molecular complexity index is 380. The molecule has 0 aliphatic heterocycles. The second-order valence-corrected chi connectivity index (χ2v) is 5.60. The predicted octanol–water partition coefficient (Wildman–Crippen LogP) is 3.45. The van der Waals surface area contributed by atoms with E-state index in [0.717, 1.165) is 42.5 Å². The zero-order valence-electron chi connectivity index (χ0n) is 12.0. The van der Waals surface area contributed by atoms with Crippen LogP contribution in [0, 0.1) is 5.82 Å². The summed E-state index contributed by atoms with van der Waals surface area (Å²) in [4.78, 5) is 2.41. The second-order valence-electron chi connectivity index (χ2n) is 4.74. The van der Waals surface area contributed by atoms with E-state index in [1.807, 2.05) is 7.05 Å². The van der Waals surface area contributed by atoms with Gasteiger partial charge in [-0.3, -0.25) is 0 Å². The Kier molecular flexibility index (Phi) is 7.57. The highest BCUT2D eigenvalue weighted by atomic mass is 79.9. The number of halogens is 2. The lowest BCUT2D eigenvalue weighted by atomic mass is 10.0. The van der Waals surface area contributed by atoms with Gasteiger partial charge in [-0.05, 0) is 63.3 Å². The molecule has 1 N–H and O–H groups in total. The van der Waals surface area contributed by atoms with Gasteiger partial charge in [-0.2, -0.15) is 0 Å². The molecule has 0 aromatic heterocycles. The van der Waals surface area contributed by atoms with Crippen molar-refractivity contribution in [2.75, 3.05) is 26.7 Å². The average molecular weight is 331 g/mol. The van der Waals surface area contributed by atoms with Gasteiger partial charge in [0.05, 0.1) is 0 Å². The monoisotopic (exact) mass is 330 g/mol. The summed E-state index contributed by atoms with van der Waals surface area (Å²) in [6, 6.07) is 5.25. The van der Waals surface area contributed by atoms with Crippen LogP contribution in [0.3, 0.4) is 0 Å². The molecule has 0 radical (unpaired) electrons. The number of hydrogen-bond donors (Lipinski definition) is 1. The van der Waals surface area contributed by atoms with Crippen LogP contribution in [0.15, 0.2) is 22.7 Å². The Labute approximate surface area is 124 Å². The van der Waals surface area contributed by atoms with Crippen LogP contribution in [0.4, 0.5) is 4.39 Å². The minimum absolute atomic E-state index is 0.170. The number of likely N-dealkylation sites (N-methyl/N-ethyl adjacent to an activating group) is 1. The van der Waals surface area contributed by atoms with E-state index < -0.39 is 0 Å². The van der Waals surface area contributed by atoms with Crippen molar-refractivity contribution in [3.8, 4) is 0 Å². The normalized spacial score (nSPS) is 12.9. The Morgan fingerprint density at radius 1 is 1.32 bits per heavy atom. The van der Waals surface area contributed by atoms with Crippen molar-refractivity contribution in [2.24, 2.45) is 0 Å². The number of nitrogens with zero attached hydrogens (tertiary/aromatic N) is 1. The molecule has 0 saturated heterocycles. The maximum Gasteiger partial charge on any atom is 0.123 e.